The van der Waals surface area contributed by atoms with Crippen LogP contribution in [-0.2, 0) is 18.5 Å². The molecule has 3 aromatic rings. The predicted octanol–water partition coefficient (Wildman–Crippen LogP) is 8.60. The third-order valence-electron chi connectivity index (χ3n) is 5.03. The van der Waals surface area contributed by atoms with Crippen LogP contribution in [0.3, 0.4) is 0 Å². The van der Waals surface area contributed by atoms with Crippen LogP contribution in [0.2, 0.25) is 0 Å². The van der Waals surface area contributed by atoms with Crippen LogP contribution in [0.1, 0.15) is 16.7 Å². The fourth-order valence-electron chi connectivity index (χ4n) is 3.19. The molecule has 0 aliphatic heterocycles. The summed E-state index contributed by atoms with van der Waals surface area (Å²) in [6.07, 6.45) is -18.1. The van der Waals surface area contributed by atoms with Crippen molar-refractivity contribution in [3.05, 3.63) is 69.3 Å². The van der Waals surface area contributed by atoms with Crippen molar-refractivity contribution in [1.82, 2.24) is 0 Å². The first kappa shape index (κ1) is 32.2. The molecule has 4 nitrogen and oxygen atoms in total. The SMILES string of the molecule is Nc1c(F)c(Oc2c(F)cc(C(F)(F)F)c(Oc3c(F)c(N)c(F)c(C(F)(F)F)c3F)c2F)c(F)c(C(F)(F)F)c1F. The van der Waals surface area contributed by atoms with Gasteiger partial charge in [0, 0.05) is 0 Å². The van der Waals surface area contributed by atoms with E-state index >= 15 is 4.39 Å². The first-order valence-corrected chi connectivity index (χ1v) is 9.93. The molecule has 0 saturated heterocycles. The first-order valence-electron chi connectivity index (χ1n) is 9.93. The fourth-order valence-corrected chi connectivity index (χ4v) is 3.19. The molecule has 0 heterocycles. The monoisotopic (exact) mass is 640 g/mol. The smallest absolute Gasteiger partial charge is 0.422 e. The van der Waals surface area contributed by atoms with Crippen molar-refractivity contribution in [2.45, 2.75) is 18.5 Å². The summed E-state index contributed by atoms with van der Waals surface area (Å²) < 4.78 is 241. The zero-order valence-electron chi connectivity index (χ0n) is 19.0. The van der Waals surface area contributed by atoms with Gasteiger partial charge in [0.1, 0.15) is 28.1 Å². The third kappa shape index (κ3) is 5.33. The molecule has 0 saturated carbocycles. The maximum absolute atomic E-state index is 15.1. The summed E-state index contributed by atoms with van der Waals surface area (Å²) in [6.45, 7) is 0. The molecule has 0 amide bonds. The summed E-state index contributed by atoms with van der Waals surface area (Å²) in [5.41, 5.74) is -3.78. The van der Waals surface area contributed by atoms with Gasteiger partial charge in [0.15, 0.2) is 46.5 Å². The largest absolute Gasteiger partial charge is 0.447 e. The van der Waals surface area contributed by atoms with Gasteiger partial charge in [-0.15, -0.1) is 0 Å². The molecule has 0 unspecified atom stereocenters. The number of nitrogens with two attached hydrogens (primary N) is 2. The van der Waals surface area contributed by atoms with Crippen molar-refractivity contribution in [3.8, 4) is 23.0 Å². The number of alkyl halides is 9. The standard InChI is InChI=1S/C21H5F17N2O2/c22-3-1-2(19(30,31)32)15(41-17-8(25)4(20(33,34)35)6(23)13(39)10(17)27)12(29)16(3)42-18-9(26)5(21(36,37)38)7(24)14(40)11(18)28/h1H,39-40H2. The Hall–Kier alpha value is -4.33. The van der Waals surface area contributed by atoms with Gasteiger partial charge in [-0.1, -0.05) is 0 Å². The van der Waals surface area contributed by atoms with E-state index in [2.05, 4.69) is 9.47 Å². The molecule has 21 heteroatoms. The molecule has 4 N–H and O–H groups in total. The highest BCUT2D eigenvalue weighted by Crippen LogP contribution is 2.49. The van der Waals surface area contributed by atoms with Crippen molar-refractivity contribution in [2.24, 2.45) is 0 Å². The van der Waals surface area contributed by atoms with E-state index in [9.17, 15) is 70.2 Å². The maximum Gasteiger partial charge on any atom is 0.422 e. The number of anilines is 2. The molecule has 42 heavy (non-hydrogen) atoms. The van der Waals surface area contributed by atoms with Crippen molar-refractivity contribution < 1.29 is 84.1 Å². The zero-order valence-corrected chi connectivity index (χ0v) is 19.0. The van der Waals surface area contributed by atoms with Gasteiger partial charge in [0.25, 0.3) is 0 Å². The van der Waals surface area contributed by atoms with E-state index in [0.29, 0.717) is 0 Å². The topological polar surface area (TPSA) is 70.5 Å². The van der Waals surface area contributed by atoms with Gasteiger partial charge >= 0.3 is 18.5 Å². The van der Waals surface area contributed by atoms with Crippen LogP contribution in [0.25, 0.3) is 0 Å². The minimum absolute atomic E-state index is 0.894. The Morgan fingerprint density at radius 2 is 0.786 bits per heavy atom. The van der Waals surface area contributed by atoms with E-state index in [1.807, 2.05) is 0 Å². The number of nitrogen functional groups attached to an aromatic ring is 2. The second kappa shape index (κ2) is 10.2. The summed E-state index contributed by atoms with van der Waals surface area (Å²) in [6, 6.07) is -0.894. The van der Waals surface area contributed by atoms with Gasteiger partial charge < -0.3 is 20.9 Å². The normalized spacial score (nSPS) is 12.6. The number of benzene rings is 3. The quantitative estimate of drug-likeness (QED) is 0.222. The Morgan fingerprint density at radius 3 is 1.12 bits per heavy atom. The Morgan fingerprint density at radius 1 is 0.429 bits per heavy atom. The Bertz CT molecular complexity index is 1590. The van der Waals surface area contributed by atoms with Gasteiger partial charge in [0.2, 0.25) is 23.1 Å². The first-order chi connectivity index (χ1) is 18.9. The van der Waals surface area contributed by atoms with E-state index in [1.54, 1.807) is 0 Å². The van der Waals surface area contributed by atoms with Crippen LogP contribution in [0, 0.1) is 46.5 Å². The Kier molecular flexibility index (Phi) is 7.81. The minimum atomic E-state index is -6.08. The molecule has 0 aliphatic carbocycles. The highest BCUT2D eigenvalue weighted by molar-refractivity contribution is 5.57. The number of halogens is 17. The molecule has 230 valence electrons. The molecular weight excluding hydrogens is 635 g/mol. The zero-order chi connectivity index (χ0) is 32.4. The maximum atomic E-state index is 15.1. The van der Waals surface area contributed by atoms with Crippen LogP contribution in [-0.4, -0.2) is 0 Å². The molecule has 3 aromatic carbocycles. The molecular formula is C21H5F17N2O2. The van der Waals surface area contributed by atoms with Gasteiger partial charge in [-0.2, -0.15) is 43.9 Å². The average molecular weight is 640 g/mol. The van der Waals surface area contributed by atoms with Crippen molar-refractivity contribution in [3.63, 3.8) is 0 Å². The molecule has 0 atom stereocenters. The van der Waals surface area contributed by atoms with Crippen molar-refractivity contribution >= 4 is 11.4 Å². The average Bonchev–Trinajstić information content (AvgIpc) is 2.82. The lowest BCUT2D eigenvalue weighted by Crippen LogP contribution is -2.17. The lowest BCUT2D eigenvalue weighted by Gasteiger charge is -2.20. The number of hydrogen-bond donors (Lipinski definition) is 2. The predicted molar refractivity (Wildman–Crippen MR) is 103 cm³/mol. The highest BCUT2D eigenvalue weighted by atomic mass is 19.4. The summed E-state index contributed by atoms with van der Waals surface area (Å²) >= 11 is 0. The van der Waals surface area contributed by atoms with Crippen molar-refractivity contribution in [1.29, 1.82) is 0 Å². The van der Waals surface area contributed by atoms with Crippen LogP contribution in [0.5, 0.6) is 23.0 Å². The van der Waals surface area contributed by atoms with Crippen LogP contribution >= 0.6 is 0 Å². The van der Waals surface area contributed by atoms with Crippen LogP contribution in [0.15, 0.2) is 6.07 Å². The van der Waals surface area contributed by atoms with E-state index in [4.69, 9.17) is 11.5 Å². The van der Waals surface area contributed by atoms with E-state index < -0.39 is 122 Å². The number of ether oxygens (including phenoxy) is 2. The van der Waals surface area contributed by atoms with Gasteiger partial charge in [-0.25, -0.2) is 30.7 Å². The summed E-state index contributed by atoms with van der Waals surface area (Å²) in [5.74, 6) is -33.4. The number of rotatable bonds is 4. The lowest BCUT2D eigenvalue weighted by atomic mass is 10.1. The van der Waals surface area contributed by atoms with E-state index in [-0.39, 0.29) is 0 Å². The van der Waals surface area contributed by atoms with E-state index in [1.165, 1.54) is 0 Å². The fraction of sp³-hybridized carbons (Fsp3) is 0.143. The molecule has 0 aromatic heterocycles. The van der Waals surface area contributed by atoms with Gasteiger partial charge in [-0.05, 0) is 6.07 Å². The molecule has 0 bridgehead atoms. The number of hydrogen-bond acceptors (Lipinski definition) is 4. The molecule has 0 fully saturated rings. The van der Waals surface area contributed by atoms with Crippen LogP contribution < -0.4 is 20.9 Å². The van der Waals surface area contributed by atoms with E-state index in [0.717, 1.165) is 0 Å². The second-order valence-electron chi connectivity index (χ2n) is 7.70. The lowest BCUT2D eigenvalue weighted by molar-refractivity contribution is -0.143. The minimum Gasteiger partial charge on any atom is -0.447 e. The molecule has 0 spiro atoms. The summed E-state index contributed by atoms with van der Waals surface area (Å²) in [7, 11) is 0. The van der Waals surface area contributed by atoms with Crippen molar-refractivity contribution in [2.75, 3.05) is 11.5 Å². The Labute approximate surface area is 218 Å². The van der Waals surface area contributed by atoms with Gasteiger partial charge in [-0.3, -0.25) is 0 Å². The summed E-state index contributed by atoms with van der Waals surface area (Å²) in [5, 5.41) is 0. The third-order valence-corrected chi connectivity index (χ3v) is 5.03. The second-order valence-corrected chi connectivity index (χ2v) is 7.70. The molecule has 0 aliphatic rings. The Balaban J connectivity index is 2.37. The highest BCUT2D eigenvalue weighted by Gasteiger charge is 2.45. The summed E-state index contributed by atoms with van der Waals surface area (Å²) in [4.78, 5) is 0. The van der Waals surface area contributed by atoms with Crippen LogP contribution in [0.4, 0.5) is 86.0 Å². The molecule has 0 radical (unpaired) electrons. The van der Waals surface area contributed by atoms with Gasteiger partial charge in [0.05, 0.1) is 0 Å². The molecule has 3 rings (SSSR count).